The van der Waals surface area contributed by atoms with Gasteiger partial charge in [-0.2, -0.15) is 26.3 Å². The van der Waals surface area contributed by atoms with E-state index in [4.69, 9.17) is 4.74 Å². The van der Waals surface area contributed by atoms with Crippen molar-refractivity contribution in [2.45, 2.75) is 64.9 Å². The Morgan fingerprint density at radius 3 is 2.12 bits per heavy atom. The van der Waals surface area contributed by atoms with Gasteiger partial charge in [0.2, 0.25) is 5.91 Å². The Morgan fingerprint density at radius 2 is 1.55 bits per heavy atom. The first-order valence-corrected chi connectivity index (χ1v) is 10.9. The average molecular weight is 480 g/mol. The highest BCUT2D eigenvalue weighted by molar-refractivity contribution is 5.87. The van der Waals surface area contributed by atoms with Crippen LogP contribution in [0.25, 0.3) is 0 Å². The predicted octanol–water partition coefficient (Wildman–Crippen LogP) is 7.08. The number of benzene rings is 1. The van der Waals surface area contributed by atoms with Gasteiger partial charge in [0.25, 0.3) is 0 Å². The second kappa shape index (κ2) is 14.1. The second-order valence-electron chi connectivity index (χ2n) is 8.10. The van der Waals surface area contributed by atoms with E-state index in [1.165, 1.54) is 6.08 Å². The highest BCUT2D eigenvalue weighted by Gasteiger charge is 2.36. The Kier molecular flexibility index (Phi) is 12.3. The molecule has 0 bridgehead atoms. The number of allylic oxidation sites excluding steroid dienone is 3. The second-order valence-corrected chi connectivity index (χ2v) is 8.10. The van der Waals surface area contributed by atoms with Crippen molar-refractivity contribution >= 4 is 5.91 Å². The van der Waals surface area contributed by atoms with E-state index in [1.807, 2.05) is 26.0 Å². The van der Waals surface area contributed by atoms with Crippen LogP contribution >= 0.6 is 0 Å². The minimum Gasteiger partial charge on any atom is -0.377 e. The molecule has 186 valence electrons. The molecule has 0 heterocycles. The molecule has 0 aliphatic heterocycles. The van der Waals surface area contributed by atoms with Crippen molar-refractivity contribution in [3.63, 3.8) is 0 Å². The molecule has 0 aromatic heterocycles. The molecule has 1 N–H and O–H groups in total. The van der Waals surface area contributed by atoms with Crippen LogP contribution in [-0.2, 0) is 28.5 Å². The lowest BCUT2D eigenvalue weighted by Gasteiger charge is -2.14. The van der Waals surface area contributed by atoms with Gasteiger partial charge in [-0.15, -0.1) is 0 Å². The lowest BCUT2D eigenvalue weighted by atomic mass is 10.1. The van der Waals surface area contributed by atoms with Crippen LogP contribution in [0.5, 0.6) is 0 Å². The zero-order valence-corrected chi connectivity index (χ0v) is 18.9. The van der Waals surface area contributed by atoms with Gasteiger partial charge in [0.05, 0.1) is 17.7 Å². The number of halogens is 6. The van der Waals surface area contributed by atoms with Crippen molar-refractivity contribution in [3.05, 3.63) is 59.2 Å². The van der Waals surface area contributed by atoms with Crippen LogP contribution in [0.1, 0.15) is 62.6 Å². The summed E-state index contributed by atoms with van der Waals surface area (Å²) in [6.07, 6.45) is 1.35. The first-order valence-electron chi connectivity index (χ1n) is 10.9. The first-order chi connectivity index (χ1) is 15.4. The minimum atomic E-state index is -4.86. The molecule has 0 radical (unpaired) electrons. The summed E-state index contributed by atoms with van der Waals surface area (Å²) >= 11 is 0. The van der Waals surface area contributed by atoms with E-state index in [0.29, 0.717) is 31.0 Å². The van der Waals surface area contributed by atoms with Crippen molar-refractivity contribution in [2.75, 3.05) is 13.2 Å². The van der Waals surface area contributed by atoms with Crippen LogP contribution in [0.3, 0.4) is 0 Å². The Balaban J connectivity index is 2.25. The molecular weight excluding hydrogens is 448 g/mol. The SMILES string of the molecule is CC(C)CNC(=O)C=CC=CCCCCCCOCc1cc(C(F)(F)F)cc(C(F)(F)F)c1. The van der Waals surface area contributed by atoms with Gasteiger partial charge >= 0.3 is 12.4 Å². The number of hydrogen-bond donors (Lipinski definition) is 1. The lowest BCUT2D eigenvalue weighted by molar-refractivity contribution is -0.143. The Bertz CT molecular complexity index is 750. The number of hydrogen-bond acceptors (Lipinski definition) is 2. The molecule has 1 aromatic rings. The van der Waals surface area contributed by atoms with Crippen LogP contribution in [0.15, 0.2) is 42.5 Å². The van der Waals surface area contributed by atoms with E-state index >= 15 is 0 Å². The molecule has 1 aromatic carbocycles. The monoisotopic (exact) mass is 479 g/mol. The lowest BCUT2D eigenvalue weighted by Crippen LogP contribution is -2.25. The molecule has 1 rings (SSSR count). The number of unbranched alkanes of at least 4 members (excludes halogenated alkanes) is 4. The quantitative estimate of drug-likeness (QED) is 0.142. The van der Waals surface area contributed by atoms with Gasteiger partial charge in [-0.1, -0.05) is 44.9 Å². The zero-order chi connectivity index (χ0) is 24.9. The molecule has 0 unspecified atom stereocenters. The van der Waals surface area contributed by atoms with Crippen LogP contribution in [0.2, 0.25) is 0 Å². The third-order valence-corrected chi connectivity index (χ3v) is 4.50. The molecule has 0 saturated heterocycles. The first kappa shape index (κ1) is 28.7. The van der Waals surface area contributed by atoms with Crippen molar-refractivity contribution < 1.29 is 35.9 Å². The molecular formula is C24H31F6NO2. The van der Waals surface area contributed by atoms with Gasteiger partial charge in [0.1, 0.15) is 0 Å². The number of amides is 1. The molecule has 0 fully saturated rings. The van der Waals surface area contributed by atoms with Crippen molar-refractivity contribution in [1.29, 1.82) is 0 Å². The fourth-order valence-corrected chi connectivity index (χ4v) is 2.79. The summed E-state index contributed by atoms with van der Waals surface area (Å²) in [5, 5.41) is 2.78. The zero-order valence-electron chi connectivity index (χ0n) is 18.9. The van der Waals surface area contributed by atoms with E-state index in [-0.39, 0.29) is 30.8 Å². The van der Waals surface area contributed by atoms with Crippen LogP contribution in [-0.4, -0.2) is 19.1 Å². The number of nitrogens with one attached hydrogen (secondary N) is 1. The van der Waals surface area contributed by atoms with Gasteiger partial charge in [-0.25, -0.2) is 0 Å². The van der Waals surface area contributed by atoms with Crippen molar-refractivity contribution in [3.8, 4) is 0 Å². The third kappa shape index (κ3) is 13.1. The number of alkyl halides is 6. The van der Waals surface area contributed by atoms with E-state index in [0.717, 1.165) is 25.7 Å². The van der Waals surface area contributed by atoms with E-state index < -0.39 is 23.5 Å². The van der Waals surface area contributed by atoms with E-state index in [1.54, 1.807) is 6.08 Å². The number of rotatable bonds is 13. The normalized spacial score (nSPS) is 12.9. The molecule has 0 saturated carbocycles. The van der Waals surface area contributed by atoms with E-state index in [2.05, 4.69) is 5.32 Å². The van der Waals surface area contributed by atoms with Crippen LogP contribution in [0, 0.1) is 5.92 Å². The number of carbonyl (C=O) groups is 1. The summed E-state index contributed by atoms with van der Waals surface area (Å²) in [7, 11) is 0. The van der Waals surface area contributed by atoms with Gasteiger partial charge in [-0.3, -0.25) is 4.79 Å². The molecule has 0 atom stereocenters. The molecule has 0 aliphatic carbocycles. The smallest absolute Gasteiger partial charge is 0.377 e. The van der Waals surface area contributed by atoms with Crippen LogP contribution in [0.4, 0.5) is 26.3 Å². The predicted molar refractivity (Wildman–Crippen MR) is 115 cm³/mol. The molecule has 33 heavy (non-hydrogen) atoms. The Labute approximate surface area is 190 Å². The maximum atomic E-state index is 12.9. The van der Waals surface area contributed by atoms with Crippen LogP contribution < -0.4 is 5.32 Å². The standard InChI is InChI=1S/C24H31F6NO2/c1-18(2)16-31-22(32)11-9-7-5-3-4-6-8-10-12-33-17-19-13-20(23(25,26)27)15-21(14-19)24(28,29)30/h5,7,9,11,13-15,18H,3-4,6,8,10,12,16-17H2,1-2H3,(H,31,32). The molecule has 1 amide bonds. The fourth-order valence-electron chi connectivity index (χ4n) is 2.79. The maximum Gasteiger partial charge on any atom is 0.416 e. The summed E-state index contributed by atoms with van der Waals surface area (Å²) < 4.78 is 82.4. The van der Waals surface area contributed by atoms with E-state index in [9.17, 15) is 31.1 Å². The Hall–Kier alpha value is -2.29. The summed E-state index contributed by atoms with van der Waals surface area (Å²) in [4.78, 5) is 11.5. The largest absolute Gasteiger partial charge is 0.416 e. The maximum absolute atomic E-state index is 12.9. The van der Waals surface area contributed by atoms with Gasteiger partial charge in [0.15, 0.2) is 0 Å². The number of carbonyl (C=O) groups excluding carboxylic acids is 1. The Morgan fingerprint density at radius 1 is 0.939 bits per heavy atom. The molecule has 0 spiro atoms. The topological polar surface area (TPSA) is 38.3 Å². The summed E-state index contributed by atoms with van der Waals surface area (Å²) in [5.41, 5.74) is -2.83. The average Bonchev–Trinajstić information content (AvgIpc) is 2.71. The van der Waals surface area contributed by atoms with Crippen molar-refractivity contribution in [2.24, 2.45) is 5.92 Å². The number of ether oxygens (including phenoxy) is 1. The van der Waals surface area contributed by atoms with Gasteiger partial charge in [0, 0.05) is 19.2 Å². The fraction of sp³-hybridized carbons (Fsp3) is 0.542. The third-order valence-electron chi connectivity index (χ3n) is 4.50. The van der Waals surface area contributed by atoms with Crippen molar-refractivity contribution in [1.82, 2.24) is 5.32 Å². The summed E-state index contributed by atoms with van der Waals surface area (Å²) in [6.45, 7) is 4.60. The molecule has 3 nitrogen and oxygen atoms in total. The highest BCUT2D eigenvalue weighted by atomic mass is 19.4. The highest BCUT2D eigenvalue weighted by Crippen LogP contribution is 2.36. The van der Waals surface area contributed by atoms with Gasteiger partial charge < -0.3 is 10.1 Å². The minimum absolute atomic E-state index is 0.107. The van der Waals surface area contributed by atoms with Gasteiger partial charge in [-0.05, 0) is 48.9 Å². The summed E-state index contributed by atoms with van der Waals surface area (Å²) in [6, 6.07) is 1.48. The summed E-state index contributed by atoms with van der Waals surface area (Å²) in [5.74, 6) is 0.263. The molecule has 9 heteroatoms. The molecule has 0 aliphatic rings.